The minimum Gasteiger partial charge on any atom is -0.267 e. The number of pyridine rings is 1. The molecule has 2 amide bonds. The van der Waals surface area contributed by atoms with Crippen molar-refractivity contribution in [2.24, 2.45) is 0 Å². The summed E-state index contributed by atoms with van der Waals surface area (Å²) in [7, 11) is 0. The molecule has 4 rings (SSSR count). The van der Waals surface area contributed by atoms with Crippen LogP contribution in [0, 0.1) is 0 Å². The van der Waals surface area contributed by atoms with Crippen molar-refractivity contribution in [3.05, 3.63) is 89.5 Å². The number of benzene rings is 2. The minimum absolute atomic E-state index is 0.0872. The lowest BCUT2D eigenvalue weighted by Crippen LogP contribution is -2.42. The van der Waals surface area contributed by atoms with Gasteiger partial charge in [-0.25, -0.2) is 9.97 Å². The number of hydrazine groups is 1. The van der Waals surface area contributed by atoms with E-state index in [4.69, 9.17) is 11.6 Å². The molecule has 0 radical (unpaired) electrons. The molecule has 2 heterocycles. The zero-order valence-electron chi connectivity index (χ0n) is 15.0. The first-order chi connectivity index (χ1) is 14.1. The summed E-state index contributed by atoms with van der Waals surface area (Å²) in [6.07, 6.45) is 4.15. The van der Waals surface area contributed by atoms with Gasteiger partial charge in [0.1, 0.15) is 5.69 Å². The number of nitrogens with zero attached hydrogens (tertiary/aromatic N) is 3. The van der Waals surface area contributed by atoms with E-state index in [1.54, 1.807) is 18.2 Å². The molecule has 0 atom stereocenters. The number of rotatable bonds is 3. The molecule has 0 aliphatic carbocycles. The van der Waals surface area contributed by atoms with Gasteiger partial charge in [0.15, 0.2) is 0 Å². The zero-order valence-corrected chi connectivity index (χ0v) is 15.7. The summed E-state index contributed by atoms with van der Waals surface area (Å²) in [5.74, 6) is -1.06. The predicted octanol–water partition coefficient (Wildman–Crippen LogP) is 3.42. The van der Waals surface area contributed by atoms with Gasteiger partial charge in [0.2, 0.25) is 0 Å². The van der Waals surface area contributed by atoms with Crippen molar-refractivity contribution < 1.29 is 9.59 Å². The molecule has 0 fully saturated rings. The second-order valence-corrected chi connectivity index (χ2v) is 6.46. The van der Waals surface area contributed by atoms with Crippen LogP contribution < -0.4 is 10.9 Å². The average Bonchev–Trinajstić information content (AvgIpc) is 2.77. The Hall–Kier alpha value is -3.84. The van der Waals surface area contributed by atoms with Gasteiger partial charge < -0.3 is 0 Å². The third-order valence-corrected chi connectivity index (χ3v) is 4.53. The molecule has 0 aliphatic rings. The molecule has 8 heteroatoms. The van der Waals surface area contributed by atoms with Crippen LogP contribution in [0.5, 0.6) is 0 Å². The maximum Gasteiger partial charge on any atom is 0.289 e. The Kier molecular flexibility index (Phi) is 5.13. The molecule has 7 nitrogen and oxygen atoms in total. The Labute approximate surface area is 170 Å². The van der Waals surface area contributed by atoms with Crippen molar-refractivity contribution >= 4 is 34.3 Å². The number of amides is 2. The van der Waals surface area contributed by atoms with Crippen LogP contribution in [0.25, 0.3) is 22.2 Å². The number of carbonyl (C=O) groups is 2. The van der Waals surface area contributed by atoms with Crippen LogP contribution in [-0.2, 0) is 0 Å². The van der Waals surface area contributed by atoms with Gasteiger partial charge in [-0.2, -0.15) is 0 Å². The molecule has 2 N–H and O–H groups in total. The maximum absolute atomic E-state index is 12.8. The molecular formula is C21H14ClN5O2. The molecule has 0 saturated heterocycles. The van der Waals surface area contributed by atoms with E-state index in [0.717, 1.165) is 0 Å². The molecule has 4 aromatic rings. The molecule has 0 unspecified atom stereocenters. The number of hydrogen-bond donors (Lipinski definition) is 2. The summed E-state index contributed by atoms with van der Waals surface area (Å²) < 4.78 is 0. The lowest BCUT2D eigenvalue weighted by Gasteiger charge is -2.12. The second kappa shape index (κ2) is 8.04. The van der Waals surface area contributed by atoms with Gasteiger partial charge >= 0.3 is 0 Å². The molecular weight excluding hydrogens is 390 g/mol. The lowest BCUT2D eigenvalue weighted by molar-refractivity contribution is 0.0844. The quantitative estimate of drug-likeness (QED) is 0.511. The highest BCUT2D eigenvalue weighted by molar-refractivity contribution is 6.33. The summed E-state index contributed by atoms with van der Waals surface area (Å²) in [4.78, 5) is 37.3. The zero-order chi connectivity index (χ0) is 20.2. The number of halogens is 1. The largest absolute Gasteiger partial charge is 0.289 e. The highest BCUT2D eigenvalue weighted by Gasteiger charge is 2.16. The van der Waals surface area contributed by atoms with E-state index in [9.17, 15) is 9.59 Å². The van der Waals surface area contributed by atoms with Crippen molar-refractivity contribution in [2.45, 2.75) is 0 Å². The van der Waals surface area contributed by atoms with Crippen LogP contribution in [0.1, 0.15) is 20.8 Å². The number of para-hydroxylation sites is 1. The third-order valence-electron chi connectivity index (χ3n) is 4.20. The van der Waals surface area contributed by atoms with E-state index in [1.165, 1.54) is 18.6 Å². The van der Waals surface area contributed by atoms with Gasteiger partial charge in [-0.1, -0.05) is 48.0 Å². The van der Waals surface area contributed by atoms with E-state index >= 15 is 0 Å². The summed E-state index contributed by atoms with van der Waals surface area (Å²) >= 11 is 6.30. The van der Waals surface area contributed by atoms with Crippen molar-refractivity contribution in [3.8, 4) is 11.3 Å². The molecule has 0 bridgehead atoms. The lowest BCUT2D eigenvalue weighted by atomic mass is 10.0. The van der Waals surface area contributed by atoms with Gasteiger partial charge in [-0.15, -0.1) is 0 Å². The Morgan fingerprint density at radius 1 is 0.897 bits per heavy atom. The van der Waals surface area contributed by atoms with Crippen LogP contribution in [0.3, 0.4) is 0 Å². The number of nitrogens with one attached hydrogen (secondary N) is 2. The molecule has 0 saturated carbocycles. The molecule has 0 spiro atoms. The van der Waals surface area contributed by atoms with E-state index in [2.05, 4.69) is 25.8 Å². The first-order valence-electron chi connectivity index (χ1n) is 8.65. The fourth-order valence-corrected chi connectivity index (χ4v) is 3.06. The number of carbonyl (C=O) groups excluding carboxylic acids is 2. The Balaban J connectivity index is 1.68. The smallest absolute Gasteiger partial charge is 0.267 e. The Morgan fingerprint density at radius 2 is 1.66 bits per heavy atom. The van der Waals surface area contributed by atoms with E-state index in [1.807, 2.05) is 36.4 Å². The maximum atomic E-state index is 12.8. The SMILES string of the molecule is O=C(NNC(=O)c1cc(-c2ccccc2Cl)nc2ccccc12)c1cnccn1. The third kappa shape index (κ3) is 3.90. The second-order valence-electron chi connectivity index (χ2n) is 6.05. The summed E-state index contributed by atoms with van der Waals surface area (Å²) in [5, 5.41) is 1.17. The average molecular weight is 404 g/mol. The summed E-state index contributed by atoms with van der Waals surface area (Å²) in [5.41, 5.74) is 7.10. The molecule has 29 heavy (non-hydrogen) atoms. The summed E-state index contributed by atoms with van der Waals surface area (Å²) in [6, 6.07) is 16.2. The predicted molar refractivity (Wildman–Crippen MR) is 109 cm³/mol. The van der Waals surface area contributed by atoms with Crippen molar-refractivity contribution in [1.29, 1.82) is 0 Å². The highest BCUT2D eigenvalue weighted by atomic mass is 35.5. The molecule has 0 aliphatic heterocycles. The van der Waals surface area contributed by atoms with Crippen LogP contribution in [0.15, 0.2) is 73.2 Å². The van der Waals surface area contributed by atoms with Gasteiger partial charge in [0.25, 0.3) is 11.8 Å². The number of fused-ring (bicyclic) bond motifs is 1. The van der Waals surface area contributed by atoms with E-state index < -0.39 is 11.8 Å². The van der Waals surface area contributed by atoms with Gasteiger partial charge in [0.05, 0.1) is 23.0 Å². The van der Waals surface area contributed by atoms with Gasteiger partial charge in [-0.3, -0.25) is 25.4 Å². The molecule has 2 aromatic carbocycles. The fraction of sp³-hybridized carbons (Fsp3) is 0. The normalized spacial score (nSPS) is 10.5. The standard InChI is InChI=1S/C21H14ClN5O2/c22-16-7-3-1-6-14(16)18-11-15(13-5-2-4-8-17(13)25-18)20(28)26-27-21(29)19-12-23-9-10-24-19/h1-12H,(H,26,28)(H,27,29). The topological polar surface area (TPSA) is 96.9 Å². The first kappa shape index (κ1) is 18.5. The monoisotopic (exact) mass is 403 g/mol. The first-order valence-corrected chi connectivity index (χ1v) is 9.02. The fourth-order valence-electron chi connectivity index (χ4n) is 2.83. The number of aromatic nitrogens is 3. The van der Waals surface area contributed by atoms with Crippen molar-refractivity contribution in [1.82, 2.24) is 25.8 Å². The van der Waals surface area contributed by atoms with Crippen LogP contribution in [-0.4, -0.2) is 26.8 Å². The van der Waals surface area contributed by atoms with Crippen molar-refractivity contribution in [2.75, 3.05) is 0 Å². The summed E-state index contributed by atoms with van der Waals surface area (Å²) in [6.45, 7) is 0. The molecule has 2 aromatic heterocycles. The van der Waals surface area contributed by atoms with E-state index in [0.29, 0.717) is 32.7 Å². The van der Waals surface area contributed by atoms with Gasteiger partial charge in [-0.05, 0) is 18.2 Å². The Bertz CT molecular complexity index is 1210. The van der Waals surface area contributed by atoms with Crippen LogP contribution >= 0.6 is 11.6 Å². The minimum atomic E-state index is -0.573. The van der Waals surface area contributed by atoms with Crippen molar-refractivity contribution in [3.63, 3.8) is 0 Å². The van der Waals surface area contributed by atoms with Crippen LogP contribution in [0.2, 0.25) is 5.02 Å². The highest BCUT2D eigenvalue weighted by Crippen LogP contribution is 2.29. The van der Waals surface area contributed by atoms with Crippen LogP contribution in [0.4, 0.5) is 0 Å². The van der Waals surface area contributed by atoms with Gasteiger partial charge in [0, 0.05) is 28.4 Å². The number of hydrogen-bond acceptors (Lipinski definition) is 5. The van der Waals surface area contributed by atoms with E-state index in [-0.39, 0.29) is 5.69 Å². The Morgan fingerprint density at radius 3 is 2.45 bits per heavy atom. The molecule has 142 valence electrons.